The summed E-state index contributed by atoms with van der Waals surface area (Å²) in [6.45, 7) is -0.765. The molecule has 0 aliphatic carbocycles. The van der Waals surface area contributed by atoms with Gasteiger partial charge in [-0.25, -0.2) is 4.39 Å². The molecule has 2 heterocycles. The predicted octanol–water partition coefficient (Wildman–Crippen LogP) is 3.83. The van der Waals surface area contributed by atoms with Crippen LogP contribution < -0.4 is 5.32 Å². The summed E-state index contributed by atoms with van der Waals surface area (Å²) in [5.41, 5.74) is 2.33. The van der Waals surface area contributed by atoms with Crippen molar-refractivity contribution >= 4 is 34.6 Å². The lowest BCUT2D eigenvalue weighted by molar-refractivity contribution is -0.151. The van der Waals surface area contributed by atoms with Crippen LogP contribution in [0.4, 0.5) is 4.39 Å². The Kier molecular flexibility index (Phi) is 5.69. The van der Waals surface area contributed by atoms with Crippen LogP contribution in [-0.4, -0.2) is 31.3 Å². The summed E-state index contributed by atoms with van der Waals surface area (Å²) in [7, 11) is 0. The normalized spacial score (nSPS) is 29.8. The van der Waals surface area contributed by atoms with Crippen molar-refractivity contribution in [1.82, 2.24) is 5.32 Å². The van der Waals surface area contributed by atoms with E-state index in [0.29, 0.717) is 6.04 Å². The molecule has 2 saturated heterocycles. The van der Waals surface area contributed by atoms with Crippen LogP contribution in [0, 0.1) is 5.92 Å². The van der Waals surface area contributed by atoms with Crippen LogP contribution in [-0.2, 0) is 9.53 Å². The number of hydrogen-bond donors (Lipinski definition) is 1. The molecule has 3 rings (SSSR count). The highest BCUT2D eigenvalue weighted by Gasteiger charge is 2.46. The molecule has 0 radical (unpaired) electrons. The Balaban J connectivity index is 1.83. The van der Waals surface area contributed by atoms with Gasteiger partial charge in [-0.15, -0.1) is 0 Å². The first-order valence-electron chi connectivity index (χ1n) is 8.08. The van der Waals surface area contributed by atoms with E-state index in [1.807, 2.05) is 10.2 Å². The highest BCUT2D eigenvalue weighted by atomic mass is 127. The Hall–Kier alpha value is -0.950. The van der Waals surface area contributed by atoms with E-state index < -0.39 is 6.67 Å². The zero-order valence-corrected chi connectivity index (χ0v) is 15.0. The standard InChI is InChI=1S/C18H21FINO2/c19-8-10-23-18(22)17-15(11-14-5-6-16(17)21-14)13-3-1-12(2-4-13)7-9-20/h1-4,7,9,14-17,21H,5-6,8,10-11H2/b9-7-/t14-,15+,16+,17-/m0/s1/i19-1. The fraction of sp³-hybridized carbons (Fsp3) is 0.500. The van der Waals surface area contributed by atoms with Gasteiger partial charge in [-0.1, -0.05) is 46.9 Å². The molecule has 0 aromatic heterocycles. The molecule has 1 aromatic rings. The fourth-order valence-electron chi connectivity index (χ4n) is 3.89. The van der Waals surface area contributed by atoms with Crippen LogP contribution >= 0.6 is 22.6 Å². The van der Waals surface area contributed by atoms with E-state index in [0.717, 1.165) is 24.8 Å². The molecule has 124 valence electrons. The van der Waals surface area contributed by atoms with Gasteiger partial charge in [0.25, 0.3) is 0 Å². The van der Waals surface area contributed by atoms with Crippen molar-refractivity contribution in [2.45, 2.75) is 37.3 Å². The predicted molar refractivity (Wildman–Crippen MR) is 97.2 cm³/mol. The minimum Gasteiger partial charge on any atom is -0.463 e. The number of alkyl halides is 1. The molecule has 1 aromatic carbocycles. The molecule has 0 amide bonds. The van der Waals surface area contributed by atoms with Crippen molar-refractivity contribution in [3.63, 3.8) is 0 Å². The summed E-state index contributed by atoms with van der Waals surface area (Å²) in [6.07, 6.45) is 5.08. The van der Waals surface area contributed by atoms with E-state index in [2.05, 4.69) is 52.2 Å². The molecule has 2 aliphatic heterocycles. The van der Waals surface area contributed by atoms with Crippen LogP contribution in [0.5, 0.6) is 0 Å². The lowest BCUT2D eigenvalue weighted by Gasteiger charge is -2.36. The van der Waals surface area contributed by atoms with Gasteiger partial charge in [0, 0.05) is 18.0 Å². The van der Waals surface area contributed by atoms with Gasteiger partial charge >= 0.3 is 5.97 Å². The molecule has 0 spiro atoms. The topological polar surface area (TPSA) is 38.3 Å². The maximum absolute atomic E-state index is 12.5. The smallest absolute Gasteiger partial charge is 0.311 e. The van der Waals surface area contributed by atoms with Gasteiger partial charge in [0.2, 0.25) is 0 Å². The van der Waals surface area contributed by atoms with Crippen molar-refractivity contribution in [2.75, 3.05) is 13.3 Å². The van der Waals surface area contributed by atoms with E-state index in [-0.39, 0.29) is 30.5 Å². The van der Waals surface area contributed by atoms with Crippen molar-refractivity contribution in [2.24, 2.45) is 5.92 Å². The average Bonchev–Trinajstić information content (AvgIpc) is 2.94. The number of halogens is 2. The first kappa shape index (κ1) is 16.9. The lowest BCUT2D eigenvalue weighted by Crippen LogP contribution is -2.48. The van der Waals surface area contributed by atoms with Crippen LogP contribution in [0.2, 0.25) is 0 Å². The van der Waals surface area contributed by atoms with Crippen LogP contribution in [0.25, 0.3) is 6.08 Å². The molecule has 4 atom stereocenters. The van der Waals surface area contributed by atoms with Gasteiger partial charge in [0.15, 0.2) is 0 Å². The highest BCUT2D eigenvalue weighted by molar-refractivity contribution is 14.1. The SMILES string of the molecule is O=C(OCC[18F])[C@H]1[C@@H](c2ccc(/C=C\I)cc2)C[C@@H]2CC[C@H]1N2. The van der Waals surface area contributed by atoms with E-state index in [1.165, 1.54) is 5.56 Å². The van der Waals surface area contributed by atoms with Gasteiger partial charge in [0.1, 0.15) is 13.3 Å². The number of rotatable bonds is 5. The average molecular weight is 428 g/mol. The van der Waals surface area contributed by atoms with Gasteiger partial charge in [0.05, 0.1) is 5.92 Å². The Morgan fingerprint density at radius 3 is 2.83 bits per heavy atom. The largest absolute Gasteiger partial charge is 0.463 e. The fourth-order valence-corrected chi connectivity index (χ4v) is 4.30. The Labute approximate surface area is 149 Å². The third-order valence-electron chi connectivity index (χ3n) is 4.90. The van der Waals surface area contributed by atoms with Crippen molar-refractivity contribution < 1.29 is 13.9 Å². The Morgan fingerprint density at radius 1 is 1.35 bits per heavy atom. The molecule has 0 saturated carbocycles. The van der Waals surface area contributed by atoms with Gasteiger partial charge in [-0.05, 0) is 40.5 Å². The van der Waals surface area contributed by atoms with Crippen molar-refractivity contribution in [3.05, 3.63) is 39.5 Å². The summed E-state index contributed by atoms with van der Waals surface area (Å²) in [5.74, 6) is -0.327. The van der Waals surface area contributed by atoms with E-state index in [9.17, 15) is 9.18 Å². The molecule has 23 heavy (non-hydrogen) atoms. The number of hydrogen-bond acceptors (Lipinski definition) is 3. The highest BCUT2D eigenvalue weighted by Crippen LogP contribution is 2.42. The molecule has 0 unspecified atom stereocenters. The molecular formula is C18H21FINO2. The number of benzene rings is 1. The van der Waals surface area contributed by atoms with Crippen LogP contribution in [0.1, 0.15) is 36.3 Å². The summed E-state index contributed by atoms with van der Waals surface area (Å²) in [5, 5.41) is 3.52. The lowest BCUT2D eigenvalue weighted by atomic mass is 9.77. The van der Waals surface area contributed by atoms with Gasteiger partial charge in [-0.3, -0.25) is 4.79 Å². The molecular weight excluding hydrogens is 407 g/mol. The third kappa shape index (κ3) is 3.76. The van der Waals surface area contributed by atoms with Crippen molar-refractivity contribution in [1.29, 1.82) is 0 Å². The maximum Gasteiger partial charge on any atom is 0.311 e. The first-order chi connectivity index (χ1) is 11.2. The number of carbonyl (C=O) groups excluding carboxylic acids is 1. The number of fused-ring (bicyclic) bond motifs is 2. The molecule has 1 N–H and O–H groups in total. The molecule has 2 bridgehead atoms. The van der Waals surface area contributed by atoms with E-state index in [4.69, 9.17) is 4.74 Å². The maximum atomic E-state index is 12.5. The van der Waals surface area contributed by atoms with Crippen LogP contribution in [0.15, 0.2) is 28.3 Å². The summed E-state index contributed by atoms with van der Waals surface area (Å²) in [6, 6.07) is 9.01. The van der Waals surface area contributed by atoms with Gasteiger partial charge in [-0.2, -0.15) is 0 Å². The number of carbonyl (C=O) groups is 1. The zero-order chi connectivity index (χ0) is 16.2. The quantitative estimate of drug-likeness (QED) is 0.573. The second-order valence-corrected chi connectivity index (χ2v) is 6.95. The Morgan fingerprint density at radius 2 is 2.13 bits per heavy atom. The minimum absolute atomic E-state index is 0.141. The van der Waals surface area contributed by atoms with Crippen molar-refractivity contribution in [3.8, 4) is 0 Å². The summed E-state index contributed by atoms with van der Waals surface area (Å²) in [4.78, 5) is 12.5. The first-order valence-corrected chi connectivity index (χ1v) is 9.33. The minimum atomic E-state index is -0.624. The Bertz CT molecular complexity index is 575. The second-order valence-electron chi connectivity index (χ2n) is 6.23. The summed E-state index contributed by atoms with van der Waals surface area (Å²) < 4.78 is 19.5. The molecule has 5 heteroatoms. The number of ether oxygens (including phenoxy) is 1. The molecule has 3 nitrogen and oxygen atoms in total. The molecule has 2 aliphatic rings. The van der Waals surface area contributed by atoms with Crippen LogP contribution in [0.3, 0.4) is 0 Å². The summed E-state index contributed by atoms with van der Waals surface area (Å²) >= 11 is 2.20. The van der Waals surface area contributed by atoms with E-state index in [1.54, 1.807) is 0 Å². The monoisotopic (exact) mass is 428 g/mol. The van der Waals surface area contributed by atoms with Gasteiger partial charge < -0.3 is 10.1 Å². The number of piperidine rings is 1. The second kappa shape index (κ2) is 7.75. The number of esters is 1. The van der Waals surface area contributed by atoms with E-state index >= 15 is 0 Å². The zero-order valence-electron chi connectivity index (χ0n) is 12.9. The third-order valence-corrected chi connectivity index (χ3v) is 5.25. The molecule has 2 fully saturated rings. The number of nitrogens with one attached hydrogen (secondary N) is 1.